The first-order valence-electron chi connectivity index (χ1n) is 6.01. The van der Waals surface area contributed by atoms with Crippen molar-refractivity contribution in [2.45, 2.75) is 45.1 Å². The van der Waals surface area contributed by atoms with E-state index in [0.29, 0.717) is 6.04 Å². The van der Waals surface area contributed by atoms with Crippen molar-refractivity contribution in [1.82, 2.24) is 9.78 Å². The number of aryl methyl sites for hydroxylation is 2. The lowest BCUT2D eigenvalue weighted by Crippen LogP contribution is -2.27. The summed E-state index contributed by atoms with van der Waals surface area (Å²) in [5.74, 6) is 0.729. The van der Waals surface area contributed by atoms with Crippen molar-refractivity contribution in [3.05, 3.63) is 16.4 Å². The van der Waals surface area contributed by atoms with Crippen molar-refractivity contribution in [3.63, 3.8) is 0 Å². The lowest BCUT2D eigenvalue weighted by Gasteiger charge is -2.26. The average Bonchev–Trinajstić information content (AvgIpc) is 2.48. The summed E-state index contributed by atoms with van der Waals surface area (Å²) in [6, 6.07) is 0.417. The SMILES string of the molecule is Cc1nn(C)c(CC2CCC(N)CC2)c1Cl. The molecule has 0 unspecified atom stereocenters. The van der Waals surface area contributed by atoms with Crippen molar-refractivity contribution in [3.8, 4) is 0 Å². The first-order chi connectivity index (χ1) is 7.58. The van der Waals surface area contributed by atoms with Gasteiger partial charge in [-0.2, -0.15) is 5.10 Å². The molecule has 0 aliphatic heterocycles. The summed E-state index contributed by atoms with van der Waals surface area (Å²) in [6.45, 7) is 1.96. The minimum absolute atomic E-state index is 0.417. The fourth-order valence-corrected chi connectivity index (χ4v) is 2.80. The van der Waals surface area contributed by atoms with Crippen LogP contribution in [0.3, 0.4) is 0 Å². The van der Waals surface area contributed by atoms with Crippen LogP contribution in [0.5, 0.6) is 0 Å². The Hall–Kier alpha value is -0.540. The average molecular weight is 242 g/mol. The molecule has 1 fully saturated rings. The fraction of sp³-hybridized carbons (Fsp3) is 0.750. The van der Waals surface area contributed by atoms with Crippen LogP contribution in [-0.4, -0.2) is 15.8 Å². The van der Waals surface area contributed by atoms with Gasteiger partial charge in [-0.05, 0) is 44.9 Å². The van der Waals surface area contributed by atoms with Gasteiger partial charge in [0.1, 0.15) is 0 Å². The molecule has 1 aromatic rings. The molecule has 1 aliphatic carbocycles. The zero-order valence-electron chi connectivity index (χ0n) is 10.0. The maximum absolute atomic E-state index is 6.25. The first-order valence-corrected chi connectivity index (χ1v) is 6.39. The van der Waals surface area contributed by atoms with E-state index in [4.69, 9.17) is 17.3 Å². The molecule has 90 valence electrons. The topological polar surface area (TPSA) is 43.8 Å². The number of nitrogens with zero attached hydrogens (tertiary/aromatic N) is 2. The van der Waals surface area contributed by atoms with Crippen LogP contribution in [0.2, 0.25) is 5.02 Å². The van der Waals surface area contributed by atoms with Crippen LogP contribution in [0.25, 0.3) is 0 Å². The highest BCUT2D eigenvalue weighted by Crippen LogP contribution is 2.29. The van der Waals surface area contributed by atoms with Crippen molar-refractivity contribution in [2.24, 2.45) is 18.7 Å². The van der Waals surface area contributed by atoms with Gasteiger partial charge in [-0.1, -0.05) is 11.6 Å². The van der Waals surface area contributed by atoms with E-state index in [1.807, 2.05) is 18.7 Å². The highest BCUT2D eigenvalue weighted by Gasteiger charge is 2.21. The molecule has 2 N–H and O–H groups in total. The van der Waals surface area contributed by atoms with E-state index in [0.717, 1.165) is 35.9 Å². The van der Waals surface area contributed by atoms with Gasteiger partial charge in [0.15, 0.2) is 0 Å². The maximum Gasteiger partial charge on any atom is 0.0847 e. The summed E-state index contributed by atoms with van der Waals surface area (Å²) >= 11 is 6.25. The van der Waals surface area contributed by atoms with E-state index in [1.165, 1.54) is 18.5 Å². The molecule has 0 bridgehead atoms. The number of hydrogen-bond donors (Lipinski definition) is 1. The van der Waals surface area contributed by atoms with Crippen molar-refractivity contribution in [2.75, 3.05) is 0 Å². The monoisotopic (exact) mass is 241 g/mol. The Kier molecular flexibility index (Phi) is 3.55. The molecule has 2 rings (SSSR count). The molecule has 1 saturated carbocycles. The van der Waals surface area contributed by atoms with Crippen molar-refractivity contribution < 1.29 is 0 Å². The zero-order chi connectivity index (χ0) is 11.7. The fourth-order valence-electron chi connectivity index (χ4n) is 2.57. The van der Waals surface area contributed by atoms with Gasteiger partial charge in [-0.3, -0.25) is 4.68 Å². The summed E-state index contributed by atoms with van der Waals surface area (Å²) in [5, 5.41) is 5.20. The van der Waals surface area contributed by atoms with E-state index >= 15 is 0 Å². The third-order valence-corrected chi connectivity index (χ3v) is 4.13. The largest absolute Gasteiger partial charge is 0.328 e. The van der Waals surface area contributed by atoms with Crippen LogP contribution < -0.4 is 5.73 Å². The molecule has 16 heavy (non-hydrogen) atoms. The van der Waals surface area contributed by atoms with E-state index in [2.05, 4.69) is 5.10 Å². The number of hydrogen-bond acceptors (Lipinski definition) is 2. The number of rotatable bonds is 2. The predicted octanol–water partition coefficient (Wildman–Crippen LogP) is 2.44. The van der Waals surface area contributed by atoms with E-state index in [9.17, 15) is 0 Å². The van der Waals surface area contributed by atoms with Crippen LogP contribution in [0.15, 0.2) is 0 Å². The standard InChI is InChI=1S/C12H20ClN3/c1-8-12(13)11(16(2)15-8)7-9-3-5-10(14)6-4-9/h9-10H,3-7,14H2,1-2H3. The Balaban J connectivity index is 2.03. The normalized spacial score (nSPS) is 26.0. The number of nitrogens with two attached hydrogens (primary N) is 1. The van der Waals surface area contributed by atoms with Gasteiger partial charge < -0.3 is 5.73 Å². The number of aromatic nitrogens is 2. The lowest BCUT2D eigenvalue weighted by molar-refractivity contribution is 0.320. The first kappa shape index (κ1) is 11.9. The van der Waals surface area contributed by atoms with E-state index in [1.54, 1.807) is 0 Å². The molecule has 0 atom stereocenters. The van der Waals surface area contributed by atoms with Gasteiger partial charge in [0, 0.05) is 13.1 Å². The Bertz CT molecular complexity index is 365. The van der Waals surface area contributed by atoms with Crippen LogP contribution in [0.4, 0.5) is 0 Å². The second-order valence-corrected chi connectivity index (χ2v) is 5.33. The molecule has 0 radical (unpaired) electrons. The van der Waals surface area contributed by atoms with Gasteiger partial charge >= 0.3 is 0 Å². The van der Waals surface area contributed by atoms with Crippen LogP contribution in [-0.2, 0) is 13.5 Å². The molecule has 1 aromatic heterocycles. The molecule has 0 spiro atoms. The third-order valence-electron chi connectivity index (χ3n) is 3.64. The highest BCUT2D eigenvalue weighted by molar-refractivity contribution is 6.31. The minimum Gasteiger partial charge on any atom is -0.328 e. The van der Waals surface area contributed by atoms with Gasteiger partial charge in [0.2, 0.25) is 0 Å². The molecular weight excluding hydrogens is 222 g/mol. The van der Waals surface area contributed by atoms with Crippen LogP contribution >= 0.6 is 11.6 Å². The van der Waals surface area contributed by atoms with Crippen LogP contribution in [0.1, 0.15) is 37.1 Å². The molecule has 3 nitrogen and oxygen atoms in total. The van der Waals surface area contributed by atoms with Gasteiger partial charge in [-0.25, -0.2) is 0 Å². The summed E-state index contributed by atoms with van der Waals surface area (Å²) in [7, 11) is 1.97. The quantitative estimate of drug-likeness (QED) is 0.865. The van der Waals surface area contributed by atoms with Crippen molar-refractivity contribution in [1.29, 1.82) is 0 Å². The summed E-state index contributed by atoms with van der Waals surface area (Å²) in [6.07, 6.45) is 5.80. The molecule has 0 saturated heterocycles. The van der Waals surface area contributed by atoms with Gasteiger partial charge in [0.25, 0.3) is 0 Å². The van der Waals surface area contributed by atoms with E-state index in [-0.39, 0.29) is 0 Å². The van der Waals surface area contributed by atoms with Crippen LogP contribution in [0, 0.1) is 12.8 Å². The Morgan fingerprint density at radius 3 is 2.50 bits per heavy atom. The summed E-state index contributed by atoms with van der Waals surface area (Å²) in [5.41, 5.74) is 8.03. The van der Waals surface area contributed by atoms with E-state index < -0.39 is 0 Å². The predicted molar refractivity (Wildman–Crippen MR) is 66.6 cm³/mol. The minimum atomic E-state index is 0.417. The molecule has 1 heterocycles. The Morgan fingerprint density at radius 2 is 2.00 bits per heavy atom. The molecule has 1 aliphatic rings. The molecule has 0 aromatic carbocycles. The zero-order valence-corrected chi connectivity index (χ0v) is 10.8. The summed E-state index contributed by atoms with van der Waals surface area (Å²) < 4.78 is 1.92. The highest BCUT2D eigenvalue weighted by atomic mass is 35.5. The second-order valence-electron chi connectivity index (χ2n) is 4.95. The van der Waals surface area contributed by atoms with Gasteiger partial charge in [-0.15, -0.1) is 0 Å². The molecule has 4 heteroatoms. The lowest BCUT2D eigenvalue weighted by atomic mass is 9.84. The smallest absolute Gasteiger partial charge is 0.0847 e. The van der Waals surface area contributed by atoms with Gasteiger partial charge in [0.05, 0.1) is 16.4 Å². The Labute approximate surface area is 102 Å². The Morgan fingerprint density at radius 1 is 1.38 bits per heavy atom. The summed E-state index contributed by atoms with van der Waals surface area (Å²) in [4.78, 5) is 0. The number of halogens is 1. The maximum atomic E-state index is 6.25. The third kappa shape index (κ3) is 2.41. The molecule has 0 amide bonds. The molecular formula is C12H20ClN3. The van der Waals surface area contributed by atoms with Crippen molar-refractivity contribution >= 4 is 11.6 Å². The second kappa shape index (κ2) is 4.76.